The van der Waals surface area contributed by atoms with Crippen molar-refractivity contribution >= 4 is 14.1 Å². The predicted molar refractivity (Wildman–Crippen MR) is 124 cm³/mol. The summed E-state index contributed by atoms with van der Waals surface area (Å²) < 4.78 is 6.76. The molecule has 184 valence electrons. The number of fused-ring (bicyclic) bond motifs is 3. The molecule has 32 heavy (non-hydrogen) atoms. The number of Topliss-reactive ketones (excluding diaryl/α,β-unsaturated/α-hetero) is 1. The van der Waals surface area contributed by atoms with Crippen LogP contribution in [0.3, 0.4) is 0 Å². The van der Waals surface area contributed by atoms with E-state index in [1.54, 1.807) is 0 Å². The summed E-state index contributed by atoms with van der Waals surface area (Å²) >= 11 is 0. The largest absolute Gasteiger partial charge is 0.411 e. The van der Waals surface area contributed by atoms with Crippen LogP contribution in [0.1, 0.15) is 67.7 Å². The van der Waals surface area contributed by atoms with Crippen LogP contribution in [0.25, 0.3) is 0 Å². The molecule has 10 atom stereocenters. The van der Waals surface area contributed by atoms with E-state index in [0.29, 0.717) is 12.3 Å². The molecule has 4 fully saturated rings. The van der Waals surface area contributed by atoms with Crippen LogP contribution in [-0.4, -0.2) is 64.0 Å². The van der Waals surface area contributed by atoms with Gasteiger partial charge in [0, 0.05) is 5.92 Å². The molecule has 4 aliphatic carbocycles. The van der Waals surface area contributed by atoms with Gasteiger partial charge in [0.2, 0.25) is 0 Å². The Hall–Kier alpha value is -0.313. The van der Waals surface area contributed by atoms with E-state index in [0.717, 1.165) is 24.6 Å². The zero-order valence-corrected chi connectivity index (χ0v) is 21.9. The van der Waals surface area contributed by atoms with Gasteiger partial charge in [-0.3, -0.25) is 4.79 Å². The molecular weight excluding hydrogens is 424 g/mol. The van der Waals surface area contributed by atoms with Crippen molar-refractivity contribution < 1.29 is 29.6 Å². The first-order chi connectivity index (χ1) is 14.7. The van der Waals surface area contributed by atoms with E-state index >= 15 is 0 Å². The average Bonchev–Trinajstić information content (AvgIpc) is 3.26. The van der Waals surface area contributed by atoms with E-state index in [1.165, 1.54) is 6.92 Å². The Morgan fingerprint density at radius 2 is 1.59 bits per heavy atom. The average molecular weight is 469 g/mol. The minimum Gasteiger partial charge on any atom is -0.411 e. The first kappa shape index (κ1) is 24.8. The van der Waals surface area contributed by atoms with E-state index in [4.69, 9.17) is 4.43 Å². The fourth-order valence-corrected chi connectivity index (χ4v) is 11.4. The second-order valence-corrected chi connectivity index (χ2v) is 17.1. The Bertz CT molecular complexity index is 770. The maximum atomic E-state index is 14.4. The Morgan fingerprint density at radius 1 is 1.03 bits per heavy atom. The van der Waals surface area contributed by atoms with Gasteiger partial charge in [-0.1, -0.05) is 41.5 Å². The normalized spacial score (nSPS) is 52.1. The SMILES string of the molecule is CC[Si](CC)(CC)O[C@H]1C[C@@H]2C(=O)[C@]3(C[C@](C)(O)[C@H](O)[C@@]3(O)[C@@H]1O)[C@H](C)C[C@@H]1[C@H]2C1(C)C. The lowest BCUT2D eigenvalue weighted by molar-refractivity contribution is -0.224. The summed E-state index contributed by atoms with van der Waals surface area (Å²) in [6.45, 7) is 14.2. The van der Waals surface area contributed by atoms with Gasteiger partial charge in [0.25, 0.3) is 0 Å². The highest BCUT2D eigenvalue weighted by atomic mass is 28.4. The van der Waals surface area contributed by atoms with Gasteiger partial charge >= 0.3 is 0 Å². The lowest BCUT2D eigenvalue weighted by Crippen LogP contribution is -2.67. The maximum Gasteiger partial charge on any atom is 0.192 e. The zero-order valence-electron chi connectivity index (χ0n) is 20.9. The molecule has 0 aromatic carbocycles. The van der Waals surface area contributed by atoms with Crippen molar-refractivity contribution in [1.29, 1.82) is 0 Å². The molecule has 7 heteroatoms. The van der Waals surface area contributed by atoms with Crippen LogP contribution in [0.4, 0.5) is 0 Å². The van der Waals surface area contributed by atoms with Crippen LogP contribution in [0.2, 0.25) is 18.1 Å². The van der Waals surface area contributed by atoms with Gasteiger partial charge in [0.15, 0.2) is 8.32 Å². The summed E-state index contributed by atoms with van der Waals surface area (Å²) in [4.78, 5) is 14.4. The molecule has 0 amide bonds. The molecule has 4 saturated carbocycles. The molecule has 0 aliphatic heterocycles. The molecular formula is C25H44O6Si. The van der Waals surface area contributed by atoms with Gasteiger partial charge in [-0.05, 0) is 67.5 Å². The highest BCUT2D eigenvalue weighted by Crippen LogP contribution is 2.73. The summed E-state index contributed by atoms with van der Waals surface area (Å²) in [7, 11) is -2.17. The lowest BCUT2D eigenvalue weighted by atomic mass is 9.59. The van der Waals surface area contributed by atoms with Gasteiger partial charge in [-0.25, -0.2) is 0 Å². The van der Waals surface area contributed by atoms with E-state index in [2.05, 4.69) is 34.6 Å². The Kier molecular flexibility index (Phi) is 5.69. The first-order valence-electron chi connectivity index (χ1n) is 12.7. The highest BCUT2D eigenvalue weighted by molar-refractivity contribution is 6.73. The maximum absolute atomic E-state index is 14.4. The van der Waals surface area contributed by atoms with E-state index in [-0.39, 0.29) is 35.4 Å². The molecule has 0 heterocycles. The van der Waals surface area contributed by atoms with Crippen LogP contribution >= 0.6 is 0 Å². The quantitative estimate of drug-likeness (QED) is 0.462. The second kappa shape index (κ2) is 7.34. The second-order valence-electron chi connectivity index (χ2n) is 12.4. The van der Waals surface area contributed by atoms with Crippen molar-refractivity contribution in [3.8, 4) is 0 Å². The molecule has 0 radical (unpaired) electrons. The van der Waals surface area contributed by atoms with Gasteiger partial charge < -0.3 is 24.9 Å². The molecule has 4 rings (SSSR count). The van der Waals surface area contributed by atoms with E-state index in [1.807, 2.05) is 6.92 Å². The van der Waals surface area contributed by atoms with E-state index in [9.17, 15) is 25.2 Å². The Labute approximate surface area is 193 Å². The third-order valence-corrected chi connectivity index (χ3v) is 15.4. The molecule has 0 aromatic rings. The smallest absolute Gasteiger partial charge is 0.192 e. The number of carbonyl (C=O) groups is 1. The molecule has 2 bridgehead atoms. The van der Waals surface area contributed by atoms with Gasteiger partial charge in [-0.2, -0.15) is 0 Å². The molecule has 0 saturated heterocycles. The van der Waals surface area contributed by atoms with Crippen molar-refractivity contribution in [3.05, 3.63) is 0 Å². The van der Waals surface area contributed by atoms with Crippen LogP contribution in [-0.2, 0) is 9.22 Å². The molecule has 0 aromatic heterocycles. The number of carbonyl (C=O) groups excluding carboxylic acids is 1. The van der Waals surface area contributed by atoms with Gasteiger partial charge in [0.05, 0.1) is 17.1 Å². The molecule has 4 aliphatic rings. The van der Waals surface area contributed by atoms with Gasteiger partial charge in [-0.15, -0.1) is 0 Å². The topological polar surface area (TPSA) is 107 Å². The monoisotopic (exact) mass is 468 g/mol. The standard InChI is InChI=1S/C25H44O6Si/c1-8-32(9-2,10-3)31-17-12-15-18-16(22(18,5)6)11-14(4)24(19(15)26)13-23(7,29)21(28)25(24,30)20(17)27/h14-18,20-21,27-30H,8-13H2,1-7H3/t14-,15+,16-,17+,18+,20-,21+,23+,24+,25+/m1/s1. The molecule has 1 spiro atoms. The minimum atomic E-state index is -2.17. The summed E-state index contributed by atoms with van der Waals surface area (Å²) in [5.41, 5.74) is -5.15. The van der Waals surface area contributed by atoms with Crippen molar-refractivity contribution in [2.75, 3.05) is 0 Å². The molecule has 0 unspecified atom stereocenters. The zero-order chi connectivity index (χ0) is 24.1. The number of rotatable bonds is 5. The summed E-state index contributed by atoms with van der Waals surface area (Å²) in [5.74, 6) is -0.140. The number of hydrogen-bond acceptors (Lipinski definition) is 6. The highest BCUT2D eigenvalue weighted by Gasteiger charge is 2.80. The Morgan fingerprint density at radius 3 is 2.12 bits per heavy atom. The van der Waals surface area contributed by atoms with Crippen LogP contribution < -0.4 is 0 Å². The number of hydrogen-bond donors (Lipinski definition) is 4. The van der Waals surface area contributed by atoms with Crippen molar-refractivity contribution in [2.24, 2.45) is 34.5 Å². The fraction of sp³-hybridized carbons (Fsp3) is 0.960. The first-order valence-corrected chi connectivity index (χ1v) is 15.3. The summed E-state index contributed by atoms with van der Waals surface area (Å²) in [5, 5.41) is 46.3. The summed E-state index contributed by atoms with van der Waals surface area (Å²) in [6, 6.07) is 2.67. The van der Waals surface area contributed by atoms with Crippen LogP contribution in [0.5, 0.6) is 0 Å². The van der Waals surface area contributed by atoms with Crippen molar-refractivity contribution in [3.63, 3.8) is 0 Å². The van der Waals surface area contributed by atoms with Crippen LogP contribution in [0.15, 0.2) is 0 Å². The van der Waals surface area contributed by atoms with Crippen molar-refractivity contribution in [2.45, 2.75) is 115 Å². The third kappa shape index (κ3) is 2.84. The van der Waals surface area contributed by atoms with E-state index < -0.39 is 43.2 Å². The van der Waals surface area contributed by atoms with Crippen LogP contribution in [0, 0.1) is 34.5 Å². The summed E-state index contributed by atoms with van der Waals surface area (Å²) in [6.07, 6.45) is -2.68. The third-order valence-electron chi connectivity index (χ3n) is 10.8. The fourth-order valence-electron chi connectivity index (χ4n) is 8.50. The number of aliphatic hydroxyl groups is 4. The minimum absolute atomic E-state index is 0.0304. The lowest BCUT2D eigenvalue weighted by Gasteiger charge is -2.49. The number of aliphatic hydroxyl groups excluding tert-OH is 2. The predicted octanol–water partition coefficient (Wildman–Crippen LogP) is 2.87. The van der Waals surface area contributed by atoms with Gasteiger partial charge in [0.1, 0.15) is 23.6 Å². The van der Waals surface area contributed by atoms with Crippen molar-refractivity contribution in [1.82, 2.24) is 0 Å². The number of ketones is 1. The molecule has 6 nitrogen and oxygen atoms in total. The molecule has 4 N–H and O–H groups in total. The Balaban J connectivity index is 1.89.